The Bertz CT molecular complexity index is 1700. The van der Waals surface area contributed by atoms with Crippen LogP contribution in [-0.4, -0.2) is 41.3 Å². The lowest BCUT2D eigenvalue weighted by Gasteiger charge is -2.56. The number of anilines is 1. The number of alkyl halides is 5. The van der Waals surface area contributed by atoms with Crippen LogP contribution in [0.1, 0.15) is 74.5 Å². The summed E-state index contributed by atoms with van der Waals surface area (Å²) in [4.78, 5) is 24.3. The predicted molar refractivity (Wildman–Crippen MR) is 166 cm³/mol. The highest BCUT2D eigenvalue weighted by atomic mass is 19.4. The average Bonchev–Trinajstić information content (AvgIpc) is 3.31. The lowest BCUT2D eigenvalue weighted by molar-refractivity contribution is -0.362. The van der Waals surface area contributed by atoms with Crippen molar-refractivity contribution < 1.29 is 41.4 Å². The van der Waals surface area contributed by atoms with Crippen LogP contribution in [0.4, 0.5) is 32.4 Å². The summed E-state index contributed by atoms with van der Waals surface area (Å²) in [6, 6.07) is 14.3. The van der Waals surface area contributed by atoms with Gasteiger partial charge in [-0.25, -0.2) is 4.79 Å². The quantitative estimate of drug-likeness (QED) is 0.257. The Kier molecular flexibility index (Phi) is 8.36. The summed E-state index contributed by atoms with van der Waals surface area (Å²) < 4.78 is 76.9. The SMILES string of the molecule is Cc1ccc(NC(=O)OCC#Cc2ccc([C@H]3C[C@@]4(C)C(CC[C@@]4(O)C(F)(F)C(F)(F)F)C4CCC5=CC(=O)CCC5=C43)cc2)cc1. The summed E-state index contributed by atoms with van der Waals surface area (Å²) in [7, 11) is 0. The molecule has 1 amide bonds. The number of nitrogens with one attached hydrogen (secondary N) is 1. The van der Waals surface area contributed by atoms with Crippen molar-refractivity contribution >= 4 is 17.6 Å². The van der Waals surface area contributed by atoms with Gasteiger partial charge in [-0.1, -0.05) is 54.2 Å². The van der Waals surface area contributed by atoms with E-state index < -0.39 is 47.5 Å². The summed E-state index contributed by atoms with van der Waals surface area (Å²) >= 11 is 0. The van der Waals surface area contributed by atoms with Gasteiger partial charge in [0.1, 0.15) is 5.60 Å². The van der Waals surface area contributed by atoms with Gasteiger partial charge in [-0.15, -0.1) is 0 Å². The molecule has 0 spiro atoms. The number of ketones is 1. The van der Waals surface area contributed by atoms with E-state index >= 15 is 8.78 Å². The van der Waals surface area contributed by atoms with E-state index in [1.54, 1.807) is 42.5 Å². The van der Waals surface area contributed by atoms with Gasteiger partial charge in [0, 0.05) is 29.0 Å². The summed E-state index contributed by atoms with van der Waals surface area (Å²) in [6.07, 6.45) is -3.70. The molecule has 0 radical (unpaired) electrons. The van der Waals surface area contributed by atoms with E-state index in [2.05, 4.69) is 17.2 Å². The molecule has 4 aliphatic rings. The summed E-state index contributed by atoms with van der Waals surface area (Å²) in [5, 5.41) is 14.0. The molecule has 47 heavy (non-hydrogen) atoms. The first-order valence-corrected chi connectivity index (χ1v) is 15.9. The predicted octanol–water partition coefficient (Wildman–Crippen LogP) is 8.42. The zero-order chi connectivity index (χ0) is 33.8. The Hall–Kier alpha value is -3.97. The Labute approximate surface area is 270 Å². The molecule has 2 aromatic rings. The smallest absolute Gasteiger partial charge is 0.436 e. The molecular formula is C37H36F5NO4. The first-order chi connectivity index (χ1) is 22.1. The van der Waals surface area contributed by atoms with E-state index in [0.29, 0.717) is 36.9 Å². The fourth-order valence-corrected chi connectivity index (χ4v) is 8.54. The monoisotopic (exact) mass is 653 g/mol. The number of carbonyl (C=O) groups excluding carboxylic acids is 2. The maximum atomic E-state index is 15.2. The Morgan fingerprint density at radius 2 is 1.72 bits per heavy atom. The Morgan fingerprint density at radius 1 is 1.02 bits per heavy atom. The second kappa shape index (κ2) is 11.9. The molecule has 5 atom stereocenters. The zero-order valence-electron chi connectivity index (χ0n) is 26.1. The number of aliphatic hydroxyl groups is 1. The van der Waals surface area contributed by atoms with E-state index in [1.165, 1.54) is 6.92 Å². The maximum absolute atomic E-state index is 15.2. The molecule has 0 aromatic heterocycles. The van der Waals surface area contributed by atoms with Gasteiger partial charge in [0.05, 0.1) is 0 Å². The number of ether oxygens (including phenoxy) is 1. The number of aryl methyl sites for hydroxylation is 1. The van der Waals surface area contributed by atoms with Crippen molar-refractivity contribution in [3.8, 4) is 11.8 Å². The minimum absolute atomic E-state index is 0.0274. The van der Waals surface area contributed by atoms with Crippen LogP contribution in [0.2, 0.25) is 0 Å². The van der Waals surface area contributed by atoms with E-state index in [-0.39, 0.29) is 31.1 Å². The van der Waals surface area contributed by atoms with Crippen molar-refractivity contribution in [3.05, 3.63) is 88.0 Å². The fourth-order valence-electron chi connectivity index (χ4n) is 8.54. The Balaban J connectivity index is 1.27. The van der Waals surface area contributed by atoms with Gasteiger partial charge in [-0.3, -0.25) is 10.1 Å². The third-order valence-electron chi connectivity index (χ3n) is 10.9. The molecule has 2 N–H and O–H groups in total. The largest absolute Gasteiger partial charge is 0.456 e. The molecule has 5 nitrogen and oxygen atoms in total. The van der Waals surface area contributed by atoms with Gasteiger partial charge in [0.15, 0.2) is 12.4 Å². The third-order valence-corrected chi connectivity index (χ3v) is 10.9. The van der Waals surface area contributed by atoms with Crippen molar-refractivity contribution in [1.29, 1.82) is 0 Å². The number of hydrogen-bond acceptors (Lipinski definition) is 4. The summed E-state index contributed by atoms with van der Waals surface area (Å²) in [6.45, 7) is 3.17. The van der Waals surface area contributed by atoms with Gasteiger partial charge in [0.25, 0.3) is 0 Å². The van der Waals surface area contributed by atoms with Crippen molar-refractivity contribution in [2.75, 3.05) is 11.9 Å². The van der Waals surface area contributed by atoms with Crippen LogP contribution in [0.5, 0.6) is 0 Å². The normalized spacial score (nSPS) is 28.7. The molecule has 2 saturated carbocycles. The minimum Gasteiger partial charge on any atom is -0.436 e. The van der Waals surface area contributed by atoms with E-state index in [0.717, 1.165) is 27.8 Å². The third kappa shape index (κ3) is 5.67. The van der Waals surface area contributed by atoms with Crippen molar-refractivity contribution in [3.63, 3.8) is 0 Å². The first kappa shape index (κ1) is 33.0. The van der Waals surface area contributed by atoms with Crippen molar-refractivity contribution in [2.45, 2.75) is 82.4 Å². The fraction of sp³-hybridized carbons (Fsp3) is 0.459. The van der Waals surface area contributed by atoms with E-state index in [9.17, 15) is 27.9 Å². The van der Waals surface area contributed by atoms with Gasteiger partial charge in [0.2, 0.25) is 0 Å². The average molecular weight is 654 g/mol. The molecule has 0 heterocycles. The number of hydrogen-bond donors (Lipinski definition) is 2. The maximum Gasteiger partial charge on any atom is 0.456 e. The number of allylic oxidation sites excluding steroid dienone is 4. The number of amides is 1. The van der Waals surface area contributed by atoms with Gasteiger partial charge < -0.3 is 9.84 Å². The molecule has 2 unspecified atom stereocenters. The first-order valence-electron chi connectivity index (χ1n) is 15.9. The summed E-state index contributed by atoms with van der Waals surface area (Å²) in [5.74, 6) is -0.930. The molecule has 248 valence electrons. The van der Waals surface area contributed by atoms with Crippen LogP contribution in [0, 0.1) is 36.0 Å². The molecule has 4 aliphatic carbocycles. The number of halogens is 5. The summed E-state index contributed by atoms with van der Waals surface area (Å²) in [5.41, 5.74) is 0.915. The second-order valence-corrected chi connectivity index (χ2v) is 13.5. The highest BCUT2D eigenvalue weighted by Crippen LogP contribution is 2.70. The zero-order valence-corrected chi connectivity index (χ0v) is 26.1. The van der Waals surface area contributed by atoms with E-state index in [1.807, 2.05) is 19.1 Å². The Morgan fingerprint density at radius 3 is 2.40 bits per heavy atom. The minimum atomic E-state index is -5.90. The van der Waals surface area contributed by atoms with Crippen LogP contribution < -0.4 is 5.32 Å². The van der Waals surface area contributed by atoms with Gasteiger partial charge >= 0.3 is 18.2 Å². The topological polar surface area (TPSA) is 75.6 Å². The van der Waals surface area contributed by atoms with Crippen LogP contribution in [0.15, 0.2) is 71.3 Å². The van der Waals surface area contributed by atoms with Crippen molar-refractivity contribution in [1.82, 2.24) is 0 Å². The standard InChI is InChI=1S/C37H36F5NO4/c1-22-5-12-26(13-6-22)43-33(45)47-19-3-4-23-7-9-24(10-8-23)30-21-34(2)31(17-18-35(34,46)36(38,39)37(40,41)42)29-15-11-25-20-27(44)14-16-28(25)32(29)30/h5-10,12-13,20,29-31,46H,11,14-19,21H2,1-2H3,(H,43,45)/t29?,30-,31?,34+,35+/m1/s1. The van der Waals surface area contributed by atoms with Crippen LogP contribution in [0.25, 0.3) is 0 Å². The molecule has 0 bridgehead atoms. The van der Waals surface area contributed by atoms with Crippen molar-refractivity contribution in [2.24, 2.45) is 17.3 Å². The van der Waals surface area contributed by atoms with E-state index in [4.69, 9.17) is 4.74 Å². The molecule has 0 saturated heterocycles. The highest BCUT2D eigenvalue weighted by Gasteiger charge is 2.79. The van der Waals surface area contributed by atoms with Gasteiger partial charge in [-0.2, -0.15) is 22.0 Å². The molecule has 10 heteroatoms. The van der Waals surface area contributed by atoms with Crippen LogP contribution in [-0.2, 0) is 9.53 Å². The van der Waals surface area contributed by atoms with Gasteiger partial charge in [-0.05, 0) is 104 Å². The number of fused-ring (bicyclic) bond motifs is 4. The second-order valence-electron chi connectivity index (χ2n) is 13.5. The number of benzene rings is 2. The number of rotatable bonds is 4. The lowest BCUT2D eigenvalue weighted by atomic mass is 9.50. The molecular weight excluding hydrogens is 617 g/mol. The lowest BCUT2D eigenvalue weighted by Crippen LogP contribution is -2.65. The van der Waals surface area contributed by atoms with Crippen LogP contribution in [0.3, 0.4) is 0 Å². The highest BCUT2D eigenvalue weighted by molar-refractivity contribution is 5.93. The molecule has 6 rings (SSSR count). The molecule has 0 aliphatic heterocycles. The molecule has 2 fully saturated rings. The molecule has 2 aromatic carbocycles. The van der Waals surface area contributed by atoms with Crippen LogP contribution >= 0.6 is 0 Å². The number of carbonyl (C=O) groups is 2.